The topological polar surface area (TPSA) is 70.8 Å². The molecule has 132 valence electrons. The van der Waals surface area contributed by atoms with E-state index >= 15 is 0 Å². The van der Waals surface area contributed by atoms with Crippen molar-refractivity contribution < 1.29 is 19.1 Å². The Hall–Kier alpha value is -1.73. The smallest absolute Gasteiger partial charge is 0.341 e. The van der Waals surface area contributed by atoms with Crippen LogP contribution in [0.4, 0.5) is 5.69 Å². The first-order valence-electron chi connectivity index (χ1n) is 6.70. The Labute approximate surface area is 149 Å². The fourth-order valence-electron chi connectivity index (χ4n) is 1.86. The fraction of sp³-hybridized carbons (Fsp3) is 0.462. The number of methoxy groups -OCH3 is 1. The summed E-state index contributed by atoms with van der Waals surface area (Å²) in [6, 6.07) is 0.737. The molecule has 0 saturated heterocycles. The molecule has 1 rings (SSSR count). The summed E-state index contributed by atoms with van der Waals surface area (Å²) < 4.78 is 15.4. The maximum Gasteiger partial charge on any atom is 0.341 e. The van der Waals surface area contributed by atoms with E-state index in [9.17, 15) is 10.1 Å². The molecule has 24 heavy (non-hydrogen) atoms. The molecule has 0 spiro atoms. The Bertz CT molecular complexity index is 545. The van der Waals surface area contributed by atoms with Crippen LogP contribution in [0.3, 0.4) is 0 Å². The molecular formula is C13H17Cl3NO5RfSi-. The molecule has 0 unspecified atom stereocenters. The molecule has 0 atom stereocenters. The minimum absolute atomic E-state index is 0. The second-order valence-electron chi connectivity index (χ2n) is 4.66. The Balaban J connectivity index is 0.00000529. The van der Waals surface area contributed by atoms with Gasteiger partial charge in [-0.25, -0.2) is 0 Å². The number of nitro benzene ring substituents is 1. The normalized spacial score (nSPS) is 10.9. The number of hydrogen-bond acceptors (Lipinski definition) is 5. The van der Waals surface area contributed by atoms with Crippen LogP contribution >= 0.6 is 33.2 Å². The van der Waals surface area contributed by atoms with Crippen LogP contribution in [0.2, 0.25) is 6.04 Å². The van der Waals surface area contributed by atoms with E-state index in [1.54, 1.807) is 0 Å². The molecule has 0 fully saturated rings. The average Bonchev–Trinajstić information content (AvgIpc) is 2.48. The zero-order valence-electron chi connectivity index (χ0n) is 13.2. The van der Waals surface area contributed by atoms with Crippen molar-refractivity contribution in [3.05, 3.63) is 34.9 Å². The van der Waals surface area contributed by atoms with Crippen molar-refractivity contribution in [3.63, 3.8) is 0 Å². The van der Waals surface area contributed by atoms with E-state index < -0.39 is 10.9 Å². The van der Waals surface area contributed by atoms with Gasteiger partial charge in [-0.3, -0.25) is 10.1 Å². The van der Waals surface area contributed by atoms with Gasteiger partial charge < -0.3 is 14.2 Å². The number of rotatable bonds is 10. The third-order valence-corrected chi connectivity index (χ3v) is 5.59. The standard InChI is InChI=1S/C13H17Cl3NO5Si.Rf/c1-20-12-7-10(11(17(18)19)8-13(12)21-2)9-22-5-3-4-6-23(14,15)16;/h7-8H,2-6,9H2,1H3;/q-1;. The van der Waals surface area contributed by atoms with Gasteiger partial charge in [-0.1, -0.05) is 6.42 Å². The summed E-state index contributed by atoms with van der Waals surface area (Å²) >= 11 is 17.3. The number of nitro groups is 1. The monoisotopic (exact) mass is 667 g/mol. The maximum atomic E-state index is 11.1. The van der Waals surface area contributed by atoms with Crippen LogP contribution in [0.15, 0.2) is 12.1 Å². The van der Waals surface area contributed by atoms with Crippen LogP contribution < -0.4 is 9.47 Å². The summed E-state index contributed by atoms with van der Waals surface area (Å²) in [7, 11) is 4.69. The van der Waals surface area contributed by atoms with Gasteiger partial charge in [0.15, 0.2) is 5.75 Å². The molecule has 0 bridgehead atoms. The summed E-state index contributed by atoms with van der Waals surface area (Å²) in [5.41, 5.74) is 0.279. The van der Waals surface area contributed by atoms with E-state index in [0.29, 0.717) is 30.4 Å². The van der Waals surface area contributed by atoms with E-state index in [-0.39, 0.29) is 18.0 Å². The summed E-state index contributed by atoms with van der Waals surface area (Å²) in [4.78, 5) is 10.6. The van der Waals surface area contributed by atoms with Gasteiger partial charge in [0.1, 0.15) is 5.75 Å². The molecular weight excluding hydrogens is 652 g/mol. The van der Waals surface area contributed by atoms with Crippen molar-refractivity contribution in [2.75, 3.05) is 13.7 Å². The van der Waals surface area contributed by atoms with Crippen LogP contribution in [0, 0.1) is 17.2 Å². The summed E-state index contributed by atoms with van der Waals surface area (Å²) in [6.07, 6.45) is 1.45. The predicted molar refractivity (Wildman–Crippen MR) is 92.6 cm³/mol. The molecule has 0 aliphatic heterocycles. The number of hydrogen-bond donors (Lipinski definition) is 0. The van der Waals surface area contributed by atoms with Gasteiger partial charge in [-0.15, -0.1) is 33.2 Å². The SMILES string of the molecule is [CH2-]Oc1cc([N+](=O)[O-])c(COCCCC[Si](Cl)(Cl)Cl)cc1OC.[Rf]. The molecule has 0 aromatic heterocycles. The van der Waals surface area contributed by atoms with Gasteiger partial charge in [0.05, 0.1) is 30.3 Å². The molecule has 0 amide bonds. The van der Waals surface area contributed by atoms with Crippen LogP contribution in [0.5, 0.6) is 11.5 Å². The Morgan fingerprint density at radius 3 is 2.42 bits per heavy atom. The van der Waals surface area contributed by atoms with E-state index in [1.165, 1.54) is 19.2 Å². The van der Waals surface area contributed by atoms with Gasteiger partial charge in [0, 0.05) is 6.61 Å². The molecule has 0 aliphatic rings. The largest absolute Gasteiger partial charge is 0.663 e. The molecule has 0 saturated carbocycles. The molecule has 0 aliphatic carbocycles. The number of unbranched alkanes of at least 4 members (excludes halogenated alkanes) is 1. The molecule has 11 heteroatoms. The first-order chi connectivity index (χ1) is 10.8. The first kappa shape index (κ1) is 22.3. The van der Waals surface area contributed by atoms with Crippen molar-refractivity contribution in [1.82, 2.24) is 0 Å². The van der Waals surface area contributed by atoms with Crippen LogP contribution in [0.25, 0.3) is 0 Å². The van der Waals surface area contributed by atoms with Gasteiger partial charge >= 0.3 is 6.00 Å². The van der Waals surface area contributed by atoms with E-state index in [1.807, 2.05) is 0 Å². The zero-order valence-corrected chi connectivity index (χ0v) is 22.9. The quantitative estimate of drug-likeness (QED) is 0.0902. The predicted octanol–water partition coefficient (Wildman–Crippen LogP) is 4.73. The number of halogens is 3. The average molecular weight is 669 g/mol. The molecule has 1 aromatic carbocycles. The van der Waals surface area contributed by atoms with E-state index in [4.69, 9.17) is 47.4 Å². The number of ether oxygens (including phenoxy) is 3. The Morgan fingerprint density at radius 1 is 1.25 bits per heavy atom. The molecule has 6 nitrogen and oxygen atoms in total. The van der Waals surface area contributed by atoms with Crippen molar-refractivity contribution in [2.24, 2.45) is 0 Å². The molecule has 0 N–H and O–H groups in total. The van der Waals surface area contributed by atoms with Crippen LogP contribution in [-0.2, 0) is 11.3 Å². The summed E-state index contributed by atoms with van der Waals surface area (Å²) in [6.45, 7) is 0.498. The fourth-order valence-corrected chi connectivity index (χ4v) is 3.71. The van der Waals surface area contributed by atoms with Crippen LogP contribution in [0.1, 0.15) is 18.4 Å². The second kappa shape index (κ2) is 10.2. The number of benzene rings is 1. The summed E-state index contributed by atoms with van der Waals surface area (Å²) in [5, 5.41) is 11.1. The van der Waals surface area contributed by atoms with Gasteiger partial charge in [-0.2, -0.15) is 7.11 Å². The van der Waals surface area contributed by atoms with Gasteiger partial charge in [0.25, 0.3) is 5.69 Å². The number of nitrogens with zero attached hydrogens (tertiary/aromatic N) is 1. The Kier molecular flexibility index (Phi) is 9.46. The minimum atomic E-state index is -2.59. The molecule has 0 heterocycles. The molecule has 0 radical (unpaired) electrons. The third-order valence-electron chi connectivity index (χ3n) is 2.97. The van der Waals surface area contributed by atoms with Crippen molar-refractivity contribution in [1.29, 1.82) is 0 Å². The van der Waals surface area contributed by atoms with E-state index in [2.05, 4.69) is 7.11 Å². The Morgan fingerprint density at radius 2 is 1.92 bits per heavy atom. The second-order valence-corrected chi connectivity index (χ2v) is 13.9. The zero-order chi connectivity index (χ0) is 17.5. The van der Waals surface area contributed by atoms with Crippen molar-refractivity contribution in [2.45, 2.75) is 25.5 Å². The van der Waals surface area contributed by atoms with Crippen molar-refractivity contribution in [3.8, 4) is 11.5 Å². The third kappa shape index (κ3) is 7.23. The van der Waals surface area contributed by atoms with Gasteiger partial charge in [0.2, 0.25) is 0 Å². The van der Waals surface area contributed by atoms with Crippen LogP contribution in [-0.4, -0.2) is 24.6 Å². The summed E-state index contributed by atoms with van der Waals surface area (Å²) in [5.74, 6) is 0.544. The van der Waals surface area contributed by atoms with Crippen molar-refractivity contribution >= 4 is 44.9 Å². The van der Waals surface area contributed by atoms with E-state index in [0.717, 1.165) is 6.42 Å². The maximum absolute atomic E-state index is 11.1. The first-order valence-corrected chi connectivity index (χ1v) is 11.9. The van der Waals surface area contributed by atoms with Gasteiger partial charge in [-0.05, 0) is 18.5 Å². The molecule has 1 aromatic rings. The minimum Gasteiger partial charge on any atom is -0.663 e.